The smallest absolute Gasteiger partial charge is 0.230 e. The summed E-state index contributed by atoms with van der Waals surface area (Å²) in [6, 6.07) is 16.8. The first-order chi connectivity index (χ1) is 11.1. The average Bonchev–Trinajstić information content (AvgIpc) is 2.55. The molecule has 0 radical (unpaired) electrons. The van der Waals surface area contributed by atoms with Gasteiger partial charge in [0.15, 0.2) is 0 Å². The topological polar surface area (TPSA) is 29.1 Å². The fourth-order valence-electron chi connectivity index (χ4n) is 2.17. The Morgan fingerprint density at radius 3 is 2.39 bits per heavy atom. The van der Waals surface area contributed by atoms with Gasteiger partial charge >= 0.3 is 0 Å². The second-order valence-corrected chi connectivity index (χ2v) is 7.46. The van der Waals surface area contributed by atoms with Crippen LogP contribution < -0.4 is 5.32 Å². The maximum absolute atomic E-state index is 11.8. The van der Waals surface area contributed by atoms with E-state index in [1.54, 1.807) is 11.8 Å². The van der Waals surface area contributed by atoms with Gasteiger partial charge in [-0.15, -0.1) is 11.8 Å². The maximum atomic E-state index is 11.8. The van der Waals surface area contributed by atoms with Crippen LogP contribution in [-0.4, -0.2) is 18.2 Å². The molecule has 0 aliphatic heterocycles. The van der Waals surface area contributed by atoms with Crippen LogP contribution in [0.3, 0.4) is 0 Å². The van der Waals surface area contributed by atoms with Crippen molar-refractivity contribution in [3.63, 3.8) is 0 Å². The quantitative estimate of drug-likeness (QED) is 0.658. The van der Waals surface area contributed by atoms with Crippen molar-refractivity contribution in [3.8, 4) is 0 Å². The molecule has 2 aromatic rings. The summed E-state index contributed by atoms with van der Waals surface area (Å²) in [5, 5.41) is 2.99. The monoisotopic (exact) mass is 391 g/mol. The van der Waals surface area contributed by atoms with Crippen LogP contribution >= 0.6 is 27.7 Å². The minimum atomic E-state index is 0.121. The van der Waals surface area contributed by atoms with Crippen LogP contribution in [0, 0.1) is 6.92 Å². The SMILES string of the molecule is Cc1ccc(CCCNC(=O)CSCc2ccc(Br)cc2)cc1. The van der Waals surface area contributed by atoms with Crippen LogP contribution in [0.15, 0.2) is 53.0 Å². The minimum absolute atomic E-state index is 0.121. The van der Waals surface area contributed by atoms with Crippen molar-refractivity contribution in [3.05, 3.63) is 69.7 Å². The summed E-state index contributed by atoms with van der Waals surface area (Å²) < 4.78 is 1.08. The van der Waals surface area contributed by atoms with Crippen molar-refractivity contribution >= 4 is 33.6 Å². The average molecular weight is 392 g/mol. The van der Waals surface area contributed by atoms with E-state index in [0.29, 0.717) is 5.75 Å². The van der Waals surface area contributed by atoms with Crippen molar-refractivity contribution in [1.82, 2.24) is 5.32 Å². The van der Waals surface area contributed by atoms with E-state index in [9.17, 15) is 4.79 Å². The van der Waals surface area contributed by atoms with Crippen LogP contribution in [-0.2, 0) is 17.0 Å². The number of halogens is 1. The number of benzene rings is 2. The summed E-state index contributed by atoms with van der Waals surface area (Å²) >= 11 is 5.07. The van der Waals surface area contributed by atoms with E-state index >= 15 is 0 Å². The number of carbonyl (C=O) groups excluding carboxylic acids is 1. The van der Waals surface area contributed by atoms with Crippen molar-refractivity contribution in [2.24, 2.45) is 0 Å². The summed E-state index contributed by atoms with van der Waals surface area (Å²) in [6.45, 7) is 2.83. The van der Waals surface area contributed by atoms with Gasteiger partial charge in [0, 0.05) is 16.8 Å². The van der Waals surface area contributed by atoms with Gasteiger partial charge in [-0.25, -0.2) is 0 Å². The van der Waals surface area contributed by atoms with E-state index in [0.717, 1.165) is 29.6 Å². The van der Waals surface area contributed by atoms with E-state index in [-0.39, 0.29) is 5.91 Å². The molecular formula is C19H22BrNOS. The third-order valence-electron chi connectivity index (χ3n) is 3.50. The maximum Gasteiger partial charge on any atom is 0.230 e. The van der Waals surface area contributed by atoms with Gasteiger partial charge in [0.2, 0.25) is 5.91 Å². The zero-order valence-electron chi connectivity index (χ0n) is 13.3. The second-order valence-electron chi connectivity index (χ2n) is 5.56. The van der Waals surface area contributed by atoms with Crippen molar-refractivity contribution in [2.45, 2.75) is 25.5 Å². The Balaban J connectivity index is 1.56. The Hall–Kier alpha value is -1.26. The van der Waals surface area contributed by atoms with Crippen molar-refractivity contribution in [1.29, 1.82) is 0 Å². The van der Waals surface area contributed by atoms with Crippen LogP contribution in [0.4, 0.5) is 0 Å². The number of aryl methyl sites for hydroxylation is 2. The summed E-state index contributed by atoms with van der Waals surface area (Å²) in [5.74, 6) is 1.50. The molecule has 2 nitrogen and oxygen atoms in total. The molecule has 4 heteroatoms. The largest absolute Gasteiger partial charge is 0.355 e. The molecule has 0 spiro atoms. The minimum Gasteiger partial charge on any atom is -0.355 e. The molecule has 0 saturated heterocycles. The van der Waals surface area contributed by atoms with Crippen LogP contribution in [0.5, 0.6) is 0 Å². The standard InChI is InChI=1S/C19H22BrNOS/c1-15-4-6-16(7-5-15)3-2-12-21-19(22)14-23-13-17-8-10-18(20)11-9-17/h4-11H,2-3,12-14H2,1H3,(H,21,22). The van der Waals surface area contributed by atoms with Crippen LogP contribution in [0.25, 0.3) is 0 Å². The normalized spacial score (nSPS) is 10.5. The molecule has 0 atom stereocenters. The number of rotatable bonds is 8. The first kappa shape index (κ1) is 18.1. The summed E-state index contributed by atoms with van der Waals surface area (Å²) in [6.07, 6.45) is 1.98. The fourth-order valence-corrected chi connectivity index (χ4v) is 3.25. The molecule has 0 saturated carbocycles. The highest BCUT2D eigenvalue weighted by Gasteiger charge is 2.02. The third-order valence-corrected chi connectivity index (χ3v) is 5.03. The van der Waals surface area contributed by atoms with Gasteiger partial charge in [-0.05, 0) is 43.0 Å². The first-order valence-electron chi connectivity index (χ1n) is 7.78. The Morgan fingerprint density at radius 1 is 1.04 bits per heavy atom. The Kier molecular flexibility index (Phi) is 7.69. The number of thioether (sulfide) groups is 1. The van der Waals surface area contributed by atoms with E-state index in [1.165, 1.54) is 16.7 Å². The molecule has 0 unspecified atom stereocenters. The zero-order chi connectivity index (χ0) is 16.5. The summed E-state index contributed by atoms with van der Waals surface area (Å²) in [5.41, 5.74) is 3.85. The molecule has 23 heavy (non-hydrogen) atoms. The molecule has 0 heterocycles. The van der Waals surface area contributed by atoms with Crippen molar-refractivity contribution in [2.75, 3.05) is 12.3 Å². The predicted molar refractivity (Wildman–Crippen MR) is 103 cm³/mol. The molecule has 0 aliphatic carbocycles. The Labute approximate surface area is 151 Å². The van der Waals surface area contributed by atoms with E-state index < -0.39 is 0 Å². The summed E-state index contributed by atoms with van der Waals surface area (Å²) in [4.78, 5) is 11.8. The molecule has 0 aliphatic rings. The molecular weight excluding hydrogens is 370 g/mol. The van der Waals surface area contributed by atoms with Gasteiger partial charge < -0.3 is 5.32 Å². The molecule has 1 amide bonds. The number of carbonyl (C=O) groups is 1. The zero-order valence-corrected chi connectivity index (χ0v) is 15.8. The number of nitrogens with one attached hydrogen (secondary N) is 1. The van der Waals surface area contributed by atoms with E-state index in [1.807, 2.05) is 12.1 Å². The van der Waals surface area contributed by atoms with Gasteiger partial charge in [-0.3, -0.25) is 4.79 Å². The van der Waals surface area contributed by atoms with Gasteiger partial charge in [-0.1, -0.05) is 57.9 Å². The molecule has 2 rings (SSSR count). The molecule has 0 fully saturated rings. The highest BCUT2D eigenvalue weighted by atomic mass is 79.9. The lowest BCUT2D eigenvalue weighted by Gasteiger charge is -2.06. The predicted octanol–water partition coefficient (Wildman–Crippen LogP) is 4.74. The van der Waals surface area contributed by atoms with E-state index in [4.69, 9.17) is 0 Å². The Morgan fingerprint density at radius 2 is 1.70 bits per heavy atom. The Bertz CT molecular complexity index is 610. The molecule has 0 aromatic heterocycles. The van der Waals surface area contributed by atoms with Gasteiger partial charge in [0.25, 0.3) is 0 Å². The van der Waals surface area contributed by atoms with Crippen LogP contribution in [0.1, 0.15) is 23.1 Å². The first-order valence-corrected chi connectivity index (χ1v) is 9.73. The van der Waals surface area contributed by atoms with Gasteiger partial charge in [0.05, 0.1) is 5.75 Å². The van der Waals surface area contributed by atoms with Gasteiger partial charge in [-0.2, -0.15) is 0 Å². The highest BCUT2D eigenvalue weighted by Crippen LogP contribution is 2.15. The molecule has 122 valence electrons. The lowest BCUT2D eigenvalue weighted by Crippen LogP contribution is -2.26. The van der Waals surface area contributed by atoms with Crippen molar-refractivity contribution < 1.29 is 4.79 Å². The third kappa shape index (κ3) is 7.23. The molecule has 2 aromatic carbocycles. The van der Waals surface area contributed by atoms with Gasteiger partial charge in [0.1, 0.15) is 0 Å². The lowest BCUT2D eigenvalue weighted by molar-refractivity contribution is -0.118. The highest BCUT2D eigenvalue weighted by molar-refractivity contribution is 9.10. The fraction of sp³-hybridized carbons (Fsp3) is 0.316. The summed E-state index contributed by atoms with van der Waals surface area (Å²) in [7, 11) is 0. The molecule has 1 N–H and O–H groups in total. The van der Waals surface area contributed by atoms with Crippen LogP contribution in [0.2, 0.25) is 0 Å². The number of hydrogen-bond acceptors (Lipinski definition) is 2. The number of amides is 1. The van der Waals surface area contributed by atoms with E-state index in [2.05, 4.69) is 64.6 Å². The number of hydrogen-bond donors (Lipinski definition) is 1. The molecule has 0 bridgehead atoms. The lowest BCUT2D eigenvalue weighted by atomic mass is 10.1. The second kappa shape index (κ2) is 9.78.